The molecule has 5 rings (SSSR count). The molecule has 0 amide bonds. The Hall–Kier alpha value is -2.83. The summed E-state index contributed by atoms with van der Waals surface area (Å²) in [7, 11) is 3.74. The van der Waals surface area contributed by atoms with Crippen LogP contribution < -0.4 is 4.74 Å². The third-order valence-corrected chi connectivity index (χ3v) is 6.50. The van der Waals surface area contributed by atoms with Gasteiger partial charge in [0.05, 0.1) is 12.8 Å². The Labute approximate surface area is 172 Å². The molecule has 0 saturated heterocycles. The van der Waals surface area contributed by atoms with Gasteiger partial charge in [0.25, 0.3) is 0 Å². The molecule has 0 fully saturated rings. The van der Waals surface area contributed by atoms with Crippen molar-refractivity contribution >= 4 is 21.4 Å². The fraction of sp³-hybridized carbons (Fsp3) is 0.217. The maximum Gasteiger partial charge on any atom is 0.137 e. The Morgan fingerprint density at radius 2 is 2.00 bits per heavy atom. The number of rotatable bonds is 3. The number of benzene rings is 2. The maximum absolute atomic E-state index is 15.6. The van der Waals surface area contributed by atoms with Crippen LogP contribution in [0.2, 0.25) is 0 Å². The van der Waals surface area contributed by atoms with Gasteiger partial charge in [0.2, 0.25) is 0 Å². The van der Waals surface area contributed by atoms with E-state index >= 15 is 4.39 Å². The Bertz CT molecular complexity index is 1190. The van der Waals surface area contributed by atoms with Crippen molar-refractivity contribution in [3.63, 3.8) is 0 Å². The Morgan fingerprint density at radius 3 is 2.79 bits per heavy atom. The quantitative estimate of drug-likeness (QED) is 0.476. The number of halogens is 1. The van der Waals surface area contributed by atoms with Crippen LogP contribution in [-0.4, -0.2) is 35.8 Å². The van der Waals surface area contributed by atoms with Crippen LogP contribution in [0.3, 0.4) is 0 Å². The van der Waals surface area contributed by atoms with Crippen LogP contribution in [0.15, 0.2) is 54.0 Å². The van der Waals surface area contributed by atoms with Crippen LogP contribution in [0.1, 0.15) is 22.6 Å². The van der Waals surface area contributed by atoms with Crippen LogP contribution in [0.25, 0.3) is 21.3 Å². The van der Waals surface area contributed by atoms with E-state index in [4.69, 9.17) is 4.74 Å². The molecule has 0 saturated carbocycles. The number of hydrogen-bond acceptors (Lipinski definition) is 5. The summed E-state index contributed by atoms with van der Waals surface area (Å²) >= 11 is 1.70. The van der Waals surface area contributed by atoms with Gasteiger partial charge in [0, 0.05) is 52.0 Å². The van der Waals surface area contributed by atoms with E-state index in [1.54, 1.807) is 36.8 Å². The van der Waals surface area contributed by atoms with Gasteiger partial charge in [0.1, 0.15) is 11.6 Å². The molecule has 4 nitrogen and oxygen atoms in total. The first-order chi connectivity index (χ1) is 14.2. The van der Waals surface area contributed by atoms with Gasteiger partial charge in [0.15, 0.2) is 0 Å². The predicted molar refractivity (Wildman–Crippen MR) is 114 cm³/mol. The zero-order chi connectivity index (χ0) is 20.0. The fourth-order valence-corrected chi connectivity index (χ4v) is 5.10. The van der Waals surface area contributed by atoms with Gasteiger partial charge in [-0.15, -0.1) is 11.3 Å². The van der Waals surface area contributed by atoms with Gasteiger partial charge in [-0.3, -0.25) is 0 Å². The molecule has 1 atom stereocenters. The highest BCUT2D eigenvalue weighted by Gasteiger charge is 2.31. The van der Waals surface area contributed by atoms with E-state index < -0.39 is 0 Å². The highest BCUT2D eigenvalue weighted by molar-refractivity contribution is 7.17. The fourth-order valence-electron chi connectivity index (χ4n) is 4.31. The molecule has 0 N–H and O–H groups in total. The summed E-state index contributed by atoms with van der Waals surface area (Å²) in [6, 6.07) is 13.8. The van der Waals surface area contributed by atoms with Gasteiger partial charge < -0.3 is 9.64 Å². The van der Waals surface area contributed by atoms with E-state index in [9.17, 15) is 0 Å². The molecular weight excluding hydrogens is 385 g/mol. The minimum absolute atomic E-state index is 0.0356. The molecule has 1 aliphatic heterocycles. The van der Waals surface area contributed by atoms with E-state index in [0.29, 0.717) is 17.8 Å². The zero-order valence-electron chi connectivity index (χ0n) is 16.2. The zero-order valence-corrected chi connectivity index (χ0v) is 17.0. The molecule has 2 aromatic heterocycles. The van der Waals surface area contributed by atoms with Crippen molar-refractivity contribution < 1.29 is 9.13 Å². The van der Waals surface area contributed by atoms with Crippen molar-refractivity contribution in [2.24, 2.45) is 0 Å². The highest BCUT2D eigenvalue weighted by Crippen LogP contribution is 2.43. The van der Waals surface area contributed by atoms with Crippen molar-refractivity contribution in [3.8, 4) is 17.0 Å². The number of likely N-dealkylation sites (N-methyl/N-ethyl adjacent to an activating group) is 1. The average Bonchev–Trinajstić information content (AvgIpc) is 3.23. The van der Waals surface area contributed by atoms with Gasteiger partial charge in [-0.05, 0) is 48.3 Å². The lowest BCUT2D eigenvalue weighted by molar-refractivity contribution is 0.286. The Balaban J connectivity index is 1.68. The lowest BCUT2D eigenvalue weighted by atomic mass is 9.82. The van der Waals surface area contributed by atoms with Crippen molar-refractivity contribution in [2.75, 3.05) is 20.7 Å². The summed E-state index contributed by atoms with van der Waals surface area (Å²) in [4.78, 5) is 2.16. The number of hydrogen-bond donors (Lipinski definition) is 0. The first-order valence-corrected chi connectivity index (χ1v) is 10.4. The van der Waals surface area contributed by atoms with Crippen LogP contribution >= 0.6 is 11.3 Å². The second-order valence-corrected chi connectivity index (χ2v) is 8.32. The van der Waals surface area contributed by atoms with Gasteiger partial charge >= 0.3 is 0 Å². The largest absolute Gasteiger partial charge is 0.496 e. The van der Waals surface area contributed by atoms with Gasteiger partial charge in [-0.25, -0.2) is 4.39 Å². The van der Waals surface area contributed by atoms with Gasteiger partial charge in [-0.1, -0.05) is 12.1 Å². The Morgan fingerprint density at radius 1 is 1.14 bits per heavy atom. The summed E-state index contributed by atoms with van der Waals surface area (Å²) in [5.74, 6) is 0.706. The normalized spacial score (nSPS) is 16.7. The molecular formula is C23H20FN3OS. The first kappa shape index (κ1) is 18.2. The minimum atomic E-state index is -0.213. The van der Waals surface area contributed by atoms with E-state index in [0.717, 1.165) is 34.4 Å². The molecule has 3 heterocycles. The number of nitrogens with zero attached hydrogens (tertiary/aromatic N) is 3. The molecule has 1 aliphatic rings. The molecule has 0 radical (unpaired) electrons. The predicted octanol–water partition coefficient (Wildman–Crippen LogP) is 5.08. The minimum Gasteiger partial charge on any atom is -0.496 e. The van der Waals surface area contributed by atoms with Crippen molar-refractivity contribution in [2.45, 2.75) is 12.5 Å². The summed E-state index contributed by atoms with van der Waals surface area (Å²) in [5.41, 5.74) is 3.87. The Kier molecular flexibility index (Phi) is 4.53. The first-order valence-electron chi connectivity index (χ1n) is 9.49. The van der Waals surface area contributed by atoms with Gasteiger partial charge in [-0.2, -0.15) is 10.2 Å². The van der Waals surface area contributed by atoms with Crippen molar-refractivity contribution in [1.29, 1.82) is 0 Å². The second-order valence-electron chi connectivity index (χ2n) is 7.37. The van der Waals surface area contributed by atoms with E-state index in [1.807, 2.05) is 19.2 Å². The van der Waals surface area contributed by atoms with Crippen LogP contribution in [0.5, 0.6) is 5.75 Å². The summed E-state index contributed by atoms with van der Waals surface area (Å²) in [5, 5.41) is 11.2. The lowest BCUT2D eigenvalue weighted by Crippen LogP contribution is -2.32. The standard InChI is InChI=1S/C23H20FN3OS/c1-27-12-18(15-7-8-21-17(9-11-29-21)23(15)28-2)14-5-6-16(22(24)19(14)13-27)20-4-3-10-25-26-20/h3-11,18H,12-13H2,1-2H3. The summed E-state index contributed by atoms with van der Waals surface area (Å²) in [6.45, 7) is 1.37. The van der Waals surface area contributed by atoms with E-state index in [1.165, 1.54) is 4.70 Å². The molecule has 146 valence electrons. The van der Waals surface area contributed by atoms with Crippen LogP contribution in [0, 0.1) is 5.82 Å². The van der Waals surface area contributed by atoms with Crippen molar-refractivity contribution in [3.05, 3.63) is 76.5 Å². The van der Waals surface area contributed by atoms with Crippen LogP contribution in [-0.2, 0) is 6.54 Å². The second kappa shape index (κ2) is 7.21. The molecule has 0 bridgehead atoms. The topological polar surface area (TPSA) is 38.2 Å². The monoisotopic (exact) mass is 405 g/mol. The number of methoxy groups -OCH3 is 1. The number of ether oxygens (including phenoxy) is 1. The maximum atomic E-state index is 15.6. The molecule has 1 unspecified atom stereocenters. The average molecular weight is 405 g/mol. The SMILES string of the molecule is COc1c(C2CN(C)Cc3c2ccc(-c2cccnn2)c3F)ccc2sccc12. The summed E-state index contributed by atoms with van der Waals surface area (Å²) in [6.07, 6.45) is 1.59. The molecule has 2 aromatic carbocycles. The highest BCUT2D eigenvalue weighted by atomic mass is 32.1. The smallest absolute Gasteiger partial charge is 0.137 e. The molecule has 29 heavy (non-hydrogen) atoms. The third-order valence-electron chi connectivity index (χ3n) is 5.62. The third kappa shape index (κ3) is 2.99. The van der Waals surface area contributed by atoms with Crippen molar-refractivity contribution in [1.82, 2.24) is 15.1 Å². The number of aromatic nitrogens is 2. The number of thiophene rings is 1. The molecule has 6 heteroatoms. The molecule has 0 spiro atoms. The number of fused-ring (bicyclic) bond motifs is 2. The molecule has 0 aliphatic carbocycles. The van der Waals surface area contributed by atoms with Crippen LogP contribution in [0.4, 0.5) is 4.39 Å². The summed E-state index contributed by atoms with van der Waals surface area (Å²) < 4.78 is 22.6. The van der Waals surface area contributed by atoms with E-state index in [-0.39, 0.29) is 11.7 Å². The van der Waals surface area contributed by atoms with E-state index in [2.05, 4.69) is 38.7 Å². The lowest BCUT2D eigenvalue weighted by Gasteiger charge is -2.34. The molecule has 4 aromatic rings.